The molecule has 1 aliphatic rings. The Morgan fingerprint density at radius 2 is 2.03 bits per heavy atom. The SMILES string of the molecule is COCC=CC(=O)N1CCCC(c2cn(-c3ccc(Oc4ccccc4F)cc3)c3c(N)n[nH]c(=O)c23)C1. The molecule has 5 rings (SSSR count). The fourth-order valence-corrected chi connectivity index (χ4v) is 4.86. The third-order valence-corrected chi connectivity index (χ3v) is 6.66. The Hall–Kier alpha value is -4.44. The molecule has 4 aromatic rings. The highest BCUT2D eigenvalue weighted by Gasteiger charge is 2.28. The first-order valence-electron chi connectivity index (χ1n) is 12.3. The molecule has 0 radical (unpaired) electrons. The molecular formula is C28H28FN5O4. The van der Waals surface area contributed by atoms with Gasteiger partial charge in [-0.3, -0.25) is 9.59 Å². The van der Waals surface area contributed by atoms with E-state index in [1.165, 1.54) is 12.1 Å². The summed E-state index contributed by atoms with van der Waals surface area (Å²) in [7, 11) is 1.57. The number of halogens is 1. The van der Waals surface area contributed by atoms with Gasteiger partial charge in [0.15, 0.2) is 17.4 Å². The Kier molecular flexibility index (Phi) is 7.23. The van der Waals surface area contributed by atoms with Crippen molar-refractivity contribution in [2.45, 2.75) is 18.8 Å². The molecule has 3 heterocycles. The number of aromatic amines is 1. The lowest BCUT2D eigenvalue weighted by Gasteiger charge is -2.32. The molecule has 1 amide bonds. The van der Waals surface area contributed by atoms with Crippen LogP contribution in [0.5, 0.6) is 11.5 Å². The fraction of sp³-hybridized carbons (Fsp3) is 0.250. The number of benzene rings is 2. The van der Waals surface area contributed by atoms with Gasteiger partial charge in [0.2, 0.25) is 5.91 Å². The number of likely N-dealkylation sites (tertiary alicyclic amines) is 1. The molecule has 196 valence electrons. The van der Waals surface area contributed by atoms with Crippen LogP contribution >= 0.6 is 0 Å². The minimum atomic E-state index is -0.454. The number of H-pyrrole nitrogens is 1. The summed E-state index contributed by atoms with van der Waals surface area (Å²) < 4.78 is 26.5. The lowest BCUT2D eigenvalue weighted by atomic mass is 9.90. The minimum Gasteiger partial charge on any atom is -0.454 e. The first kappa shape index (κ1) is 25.2. The lowest BCUT2D eigenvalue weighted by molar-refractivity contribution is -0.127. The van der Waals surface area contributed by atoms with Gasteiger partial charge in [0.1, 0.15) is 11.3 Å². The molecule has 1 fully saturated rings. The molecule has 9 nitrogen and oxygen atoms in total. The van der Waals surface area contributed by atoms with E-state index >= 15 is 0 Å². The maximum Gasteiger partial charge on any atom is 0.274 e. The number of carbonyl (C=O) groups excluding carboxylic acids is 1. The standard InChI is InChI=1S/C28H28FN5O4/c1-37-15-5-9-24(35)33-14-4-6-18(16-33)21-17-34(26-25(21)28(36)32-31-27(26)30)19-10-12-20(13-11-19)38-23-8-3-2-7-22(23)29/h2-3,5,7-13,17-18H,4,6,14-16H2,1H3,(H2,30,31)(H,32,36). The van der Waals surface area contributed by atoms with Crippen LogP contribution in [0.3, 0.4) is 0 Å². The van der Waals surface area contributed by atoms with Crippen LogP contribution in [0.2, 0.25) is 0 Å². The van der Waals surface area contributed by atoms with Crippen molar-refractivity contribution in [3.63, 3.8) is 0 Å². The highest BCUT2D eigenvalue weighted by Crippen LogP contribution is 2.35. The number of carbonyl (C=O) groups is 1. The molecule has 2 aromatic carbocycles. The third-order valence-electron chi connectivity index (χ3n) is 6.66. The van der Waals surface area contributed by atoms with E-state index in [0.717, 1.165) is 24.1 Å². The van der Waals surface area contributed by atoms with E-state index in [4.69, 9.17) is 15.2 Å². The van der Waals surface area contributed by atoms with Crippen LogP contribution in [0.4, 0.5) is 10.2 Å². The van der Waals surface area contributed by atoms with E-state index in [1.807, 2.05) is 10.8 Å². The first-order valence-corrected chi connectivity index (χ1v) is 12.3. The number of para-hydroxylation sites is 1. The number of amides is 1. The normalized spacial score (nSPS) is 15.8. The zero-order chi connectivity index (χ0) is 26.6. The van der Waals surface area contributed by atoms with Crippen molar-refractivity contribution in [1.29, 1.82) is 0 Å². The summed E-state index contributed by atoms with van der Waals surface area (Å²) in [5.74, 6) is 0.174. The van der Waals surface area contributed by atoms with Gasteiger partial charge in [-0.1, -0.05) is 18.2 Å². The van der Waals surface area contributed by atoms with E-state index in [0.29, 0.717) is 36.3 Å². The zero-order valence-electron chi connectivity index (χ0n) is 20.9. The molecule has 3 N–H and O–H groups in total. The quantitative estimate of drug-likeness (QED) is 0.356. The van der Waals surface area contributed by atoms with Crippen molar-refractivity contribution < 1.29 is 18.7 Å². The fourth-order valence-electron chi connectivity index (χ4n) is 4.86. The number of nitrogens with zero attached hydrogens (tertiary/aromatic N) is 3. The second-order valence-electron chi connectivity index (χ2n) is 9.12. The Labute approximate surface area is 218 Å². The Morgan fingerprint density at radius 1 is 1.24 bits per heavy atom. The van der Waals surface area contributed by atoms with Crippen LogP contribution in [0.25, 0.3) is 16.6 Å². The molecular weight excluding hydrogens is 489 g/mol. The number of piperidine rings is 1. The smallest absolute Gasteiger partial charge is 0.274 e. The molecule has 0 bridgehead atoms. The van der Waals surface area contributed by atoms with Crippen molar-refractivity contribution in [2.75, 3.05) is 32.5 Å². The van der Waals surface area contributed by atoms with Crippen molar-refractivity contribution >= 4 is 22.6 Å². The predicted molar refractivity (Wildman–Crippen MR) is 142 cm³/mol. The van der Waals surface area contributed by atoms with Gasteiger partial charge in [0.05, 0.1) is 12.0 Å². The van der Waals surface area contributed by atoms with E-state index in [2.05, 4.69) is 10.2 Å². The molecule has 2 aromatic heterocycles. The van der Waals surface area contributed by atoms with Crippen LogP contribution in [0, 0.1) is 5.82 Å². The van der Waals surface area contributed by atoms with Gasteiger partial charge in [-0.05, 0) is 54.8 Å². The second kappa shape index (κ2) is 10.9. The number of anilines is 1. The van der Waals surface area contributed by atoms with Crippen LogP contribution in [-0.4, -0.2) is 52.4 Å². The van der Waals surface area contributed by atoms with Gasteiger partial charge in [-0.25, -0.2) is 9.49 Å². The van der Waals surface area contributed by atoms with Gasteiger partial charge in [-0.2, -0.15) is 5.10 Å². The average Bonchev–Trinajstić information content (AvgIpc) is 3.35. The molecule has 0 spiro atoms. The van der Waals surface area contributed by atoms with Crippen LogP contribution in [0.1, 0.15) is 24.3 Å². The highest BCUT2D eigenvalue weighted by molar-refractivity contribution is 5.92. The maximum atomic E-state index is 14.0. The van der Waals surface area contributed by atoms with Gasteiger partial charge in [-0.15, -0.1) is 0 Å². The van der Waals surface area contributed by atoms with Crippen LogP contribution < -0.4 is 16.0 Å². The van der Waals surface area contributed by atoms with E-state index in [-0.39, 0.29) is 29.0 Å². The van der Waals surface area contributed by atoms with Gasteiger partial charge in [0.25, 0.3) is 5.56 Å². The monoisotopic (exact) mass is 517 g/mol. The summed E-state index contributed by atoms with van der Waals surface area (Å²) in [6.45, 7) is 1.49. The number of fused-ring (bicyclic) bond motifs is 1. The summed E-state index contributed by atoms with van der Waals surface area (Å²) in [5.41, 5.74) is 7.93. The third kappa shape index (κ3) is 5.03. The number of ether oxygens (including phenoxy) is 2. The summed E-state index contributed by atoms with van der Waals surface area (Å²) in [5, 5.41) is 6.94. The summed E-state index contributed by atoms with van der Waals surface area (Å²) >= 11 is 0. The average molecular weight is 518 g/mol. The number of methoxy groups -OCH3 is 1. The second-order valence-corrected chi connectivity index (χ2v) is 9.12. The van der Waals surface area contributed by atoms with Crippen molar-refractivity contribution in [1.82, 2.24) is 19.7 Å². The summed E-state index contributed by atoms with van der Waals surface area (Å²) in [6, 6.07) is 13.2. The largest absolute Gasteiger partial charge is 0.454 e. The van der Waals surface area contributed by atoms with Crippen LogP contribution in [-0.2, 0) is 9.53 Å². The number of hydrogen-bond donors (Lipinski definition) is 2. The molecule has 0 aliphatic carbocycles. The summed E-state index contributed by atoms with van der Waals surface area (Å²) in [4.78, 5) is 27.4. The Morgan fingerprint density at radius 3 is 2.79 bits per heavy atom. The Bertz CT molecular complexity index is 1540. The van der Waals surface area contributed by atoms with E-state index in [1.54, 1.807) is 60.6 Å². The zero-order valence-corrected chi connectivity index (χ0v) is 20.9. The van der Waals surface area contributed by atoms with Crippen LogP contribution in [0.15, 0.2) is 71.7 Å². The van der Waals surface area contributed by atoms with E-state index in [9.17, 15) is 14.0 Å². The number of nitrogens with one attached hydrogen (secondary N) is 1. The number of nitrogens with two attached hydrogens (primary N) is 1. The Balaban J connectivity index is 1.48. The van der Waals surface area contributed by atoms with E-state index < -0.39 is 5.82 Å². The number of hydrogen-bond acceptors (Lipinski definition) is 6. The number of rotatable bonds is 7. The predicted octanol–water partition coefficient (Wildman–Crippen LogP) is 4.14. The van der Waals surface area contributed by atoms with Gasteiger partial charge >= 0.3 is 0 Å². The van der Waals surface area contributed by atoms with Gasteiger partial charge < -0.3 is 24.7 Å². The number of nitrogen functional groups attached to an aromatic ring is 1. The lowest BCUT2D eigenvalue weighted by Crippen LogP contribution is -2.38. The molecule has 1 unspecified atom stereocenters. The molecule has 1 atom stereocenters. The number of aromatic nitrogens is 3. The van der Waals surface area contributed by atoms with Crippen molar-refractivity contribution in [2.24, 2.45) is 0 Å². The molecule has 1 saturated heterocycles. The molecule has 0 saturated carbocycles. The highest BCUT2D eigenvalue weighted by atomic mass is 19.1. The van der Waals surface area contributed by atoms with Gasteiger partial charge in [0, 0.05) is 44.1 Å². The minimum absolute atomic E-state index is 0.0566. The molecule has 38 heavy (non-hydrogen) atoms. The molecule has 1 aliphatic heterocycles. The van der Waals surface area contributed by atoms with Crippen molar-refractivity contribution in [3.05, 3.63) is 88.6 Å². The van der Waals surface area contributed by atoms with Crippen molar-refractivity contribution in [3.8, 4) is 17.2 Å². The summed E-state index contributed by atoms with van der Waals surface area (Å²) in [6.07, 6.45) is 6.73. The molecule has 10 heteroatoms. The maximum absolute atomic E-state index is 14.0. The first-order chi connectivity index (χ1) is 18.5. The topological polar surface area (TPSA) is 115 Å².